The molecular weight excluding hydrogens is 556 g/mol. The molecule has 0 fully saturated rings. The summed E-state index contributed by atoms with van der Waals surface area (Å²) in [6.45, 7) is 3.11. The Morgan fingerprint density at radius 2 is 1.50 bits per heavy atom. The van der Waals surface area contributed by atoms with Crippen molar-refractivity contribution in [2.24, 2.45) is 5.10 Å². The lowest BCUT2D eigenvalue weighted by Crippen LogP contribution is -2.17. The summed E-state index contributed by atoms with van der Waals surface area (Å²) in [6, 6.07) is 25.9. The zero-order valence-electron chi connectivity index (χ0n) is 23.3. The molecule has 0 aliphatic carbocycles. The van der Waals surface area contributed by atoms with E-state index in [-0.39, 0.29) is 11.7 Å². The monoisotopic (exact) mass is 586 g/mol. The third-order valence-corrected chi connectivity index (χ3v) is 6.31. The summed E-state index contributed by atoms with van der Waals surface area (Å²) in [4.78, 5) is 25.2. The van der Waals surface area contributed by atoms with Crippen LogP contribution in [0.4, 0.5) is 0 Å². The van der Waals surface area contributed by atoms with Gasteiger partial charge in [-0.25, -0.2) is 10.2 Å². The number of hydrogen-bond acceptors (Lipinski definition) is 7. The molecule has 4 aromatic rings. The molecule has 0 saturated heterocycles. The molecule has 216 valence electrons. The Kier molecular flexibility index (Phi) is 10.9. The predicted molar refractivity (Wildman–Crippen MR) is 162 cm³/mol. The lowest BCUT2D eigenvalue weighted by molar-refractivity contribution is 0.0729. The molecule has 0 atom stereocenters. The molecule has 42 heavy (non-hydrogen) atoms. The number of rotatable bonds is 13. The number of nitrogens with zero attached hydrogens (tertiary/aromatic N) is 1. The van der Waals surface area contributed by atoms with Gasteiger partial charge in [0.25, 0.3) is 5.91 Å². The van der Waals surface area contributed by atoms with E-state index in [1.54, 1.807) is 78.9 Å². The molecule has 8 nitrogen and oxygen atoms in total. The second kappa shape index (κ2) is 15.3. The number of ether oxygens (including phenoxy) is 4. The Balaban J connectivity index is 1.29. The van der Waals surface area contributed by atoms with Gasteiger partial charge in [-0.2, -0.15) is 5.10 Å². The number of halogens is 1. The fourth-order valence-corrected chi connectivity index (χ4v) is 3.84. The maximum absolute atomic E-state index is 12.6. The zero-order valence-corrected chi connectivity index (χ0v) is 24.1. The van der Waals surface area contributed by atoms with Crippen LogP contribution in [0.1, 0.15) is 51.6 Å². The van der Waals surface area contributed by atoms with Crippen LogP contribution in [0.5, 0.6) is 23.0 Å². The topological polar surface area (TPSA) is 95.5 Å². The van der Waals surface area contributed by atoms with Crippen LogP contribution in [-0.4, -0.2) is 31.8 Å². The van der Waals surface area contributed by atoms with E-state index in [9.17, 15) is 9.59 Å². The van der Waals surface area contributed by atoms with Crippen molar-refractivity contribution in [1.29, 1.82) is 0 Å². The first kappa shape index (κ1) is 30.1. The van der Waals surface area contributed by atoms with Crippen molar-refractivity contribution in [3.63, 3.8) is 0 Å². The largest absolute Gasteiger partial charge is 0.494 e. The molecule has 1 amide bonds. The van der Waals surface area contributed by atoms with Crippen molar-refractivity contribution in [2.45, 2.75) is 26.4 Å². The van der Waals surface area contributed by atoms with Crippen LogP contribution >= 0.6 is 11.6 Å². The highest BCUT2D eigenvalue weighted by atomic mass is 35.5. The molecule has 0 aliphatic rings. The van der Waals surface area contributed by atoms with E-state index in [2.05, 4.69) is 17.5 Å². The van der Waals surface area contributed by atoms with Crippen molar-refractivity contribution in [2.75, 3.05) is 13.7 Å². The summed E-state index contributed by atoms with van der Waals surface area (Å²) in [5.74, 6) is 1.02. The van der Waals surface area contributed by atoms with Gasteiger partial charge in [0.05, 0.1) is 25.5 Å². The first-order valence-electron chi connectivity index (χ1n) is 13.4. The predicted octanol–water partition coefficient (Wildman–Crippen LogP) is 7.09. The summed E-state index contributed by atoms with van der Waals surface area (Å²) >= 11 is 5.91. The Hall–Kier alpha value is -4.82. The number of carbonyl (C=O) groups is 2. The lowest BCUT2D eigenvalue weighted by Gasteiger charge is -2.10. The van der Waals surface area contributed by atoms with Crippen molar-refractivity contribution in [3.05, 3.63) is 118 Å². The third-order valence-electron chi connectivity index (χ3n) is 6.06. The number of hydrazone groups is 1. The molecule has 0 saturated carbocycles. The second-order valence-electron chi connectivity index (χ2n) is 9.16. The van der Waals surface area contributed by atoms with Crippen molar-refractivity contribution < 1.29 is 28.5 Å². The molecule has 4 rings (SSSR count). The number of esters is 1. The highest BCUT2D eigenvalue weighted by Crippen LogP contribution is 2.28. The standard InChI is InChI=1S/C33H31ClN2O6/c1-3-4-19-40-28-16-10-26(11-17-28)33(38)42-30-18-7-24(20-31(30)39-2)21-35-36-32(37)25-8-14-29(15-9-25)41-22-23-5-12-27(34)13-6-23/h5-18,20-21H,3-4,19,22H2,1-2H3,(H,36,37)/b35-21+. The van der Waals surface area contributed by atoms with Crippen molar-refractivity contribution in [3.8, 4) is 23.0 Å². The summed E-state index contributed by atoms with van der Waals surface area (Å²) in [7, 11) is 1.47. The van der Waals surface area contributed by atoms with Crippen LogP contribution in [0.2, 0.25) is 5.02 Å². The van der Waals surface area contributed by atoms with Crippen LogP contribution in [0.3, 0.4) is 0 Å². The maximum Gasteiger partial charge on any atom is 0.343 e. The molecule has 0 heterocycles. The third kappa shape index (κ3) is 8.84. The molecule has 1 N–H and O–H groups in total. The van der Waals surface area contributed by atoms with Crippen molar-refractivity contribution in [1.82, 2.24) is 5.43 Å². The van der Waals surface area contributed by atoms with Gasteiger partial charge in [-0.1, -0.05) is 37.1 Å². The fourth-order valence-electron chi connectivity index (χ4n) is 3.71. The van der Waals surface area contributed by atoms with Gasteiger partial charge in [0.1, 0.15) is 18.1 Å². The minimum Gasteiger partial charge on any atom is -0.494 e. The zero-order chi connectivity index (χ0) is 29.7. The number of nitrogens with one attached hydrogen (secondary N) is 1. The van der Waals surface area contributed by atoms with Crippen LogP contribution in [-0.2, 0) is 6.61 Å². The van der Waals surface area contributed by atoms with Gasteiger partial charge in [-0.15, -0.1) is 0 Å². The Bertz CT molecular complexity index is 1500. The van der Waals surface area contributed by atoms with E-state index in [0.29, 0.717) is 52.2 Å². The minimum absolute atomic E-state index is 0.255. The second-order valence-corrected chi connectivity index (χ2v) is 9.60. The normalized spacial score (nSPS) is 10.7. The van der Waals surface area contributed by atoms with Gasteiger partial charge in [-0.05, 0) is 96.4 Å². The SMILES string of the molecule is CCCCOc1ccc(C(=O)Oc2ccc(/C=N/NC(=O)c3ccc(OCc4ccc(Cl)cc4)cc3)cc2OC)cc1. The van der Waals surface area contributed by atoms with Crippen molar-refractivity contribution >= 4 is 29.7 Å². The summed E-state index contributed by atoms with van der Waals surface area (Å²) in [5, 5.41) is 4.70. The molecular formula is C33H31ClN2O6. The first-order valence-corrected chi connectivity index (χ1v) is 13.8. The van der Waals surface area contributed by atoms with Gasteiger partial charge in [0, 0.05) is 10.6 Å². The Labute approximate surface area is 249 Å². The summed E-state index contributed by atoms with van der Waals surface area (Å²) < 4.78 is 22.3. The van der Waals surface area contributed by atoms with E-state index < -0.39 is 5.97 Å². The number of carbonyl (C=O) groups excluding carboxylic acids is 2. The Morgan fingerprint density at radius 3 is 2.17 bits per heavy atom. The summed E-state index contributed by atoms with van der Waals surface area (Å²) in [5.41, 5.74) is 4.92. The smallest absolute Gasteiger partial charge is 0.343 e. The van der Waals surface area contributed by atoms with Gasteiger partial charge >= 0.3 is 5.97 Å². The van der Waals surface area contributed by atoms with E-state index in [1.165, 1.54) is 13.3 Å². The highest BCUT2D eigenvalue weighted by molar-refractivity contribution is 6.30. The number of methoxy groups -OCH3 is 1. The fraction of sp³-hybridized carbons (Fsp3) is 0.182. The van der Waals surface area contributed by atoms with E-state index >= 15 is 0 Å². The molecule has 0 aromatic heterocycles. The molecule has 0 spiro atoms. The lowest BCUT2D eigenvalue weighted by atomic mass is 10.2. The van der Waals surface area contributed by atoms with Gasteiger partial charge in [0.2, 0.25) is 0 Å². The molecule has 4 aromatic carbocycles. The Morgan fingerprint density at radius 1 is 0.833 bits per heavy atom. The van der Waals surface area contributed by atoms with E-state index in [1.807, 2.05) is 12.1 Å². The van der Waals surface area contributed by atoms with Gasteiger partial charge < -0.3 is 18.9 Å². The molecule has 0 bridgehead atoms. The number of unbranched alkanes of at least 4 members (excludes halogenated alkanes) is 1. The van der Waals surface area contributed by atoms with Gasteiger partial charge in [0.15, 0.2) is 11.5 Å². The number of amides is 1. The quantitative estimate of drug-likeness (QED) is 0.0591. The van der Waals surface area contributed by atoms with Crippen LogP contribution in [0.15, 0.2) is 96.1 Å². The highest BCUT2D eigenvalue weighted by Gasteiger charge is 2.13. The minimum atomic E-state index is -0.525. The maximum atomic E-state index is 12.6. The molecule has 0 aliphatic heterocycles. The van der Waals surface area contributed by atoms with E-state index in [4.69, 9.17) is 30.5 Å². The van der Waals surface area contributed by atoms with Crippen LogP contribution < -0.4 is 24.4 Å². The number of benzene rings is 4. The molecule has 0 radical (unpaired) electrons. The molecule has 0 unspecified atom stereocenters. The number of hydrogen-bond donors (Lipinski definition) is 1. The summed E-state index contributed by atoms with van der Waals surface area (Å²) in [6.07, 6.45) is 3.48. The van der Waals surface area contributed by atoms with Crippen LogP contribution in [0, 0.1) is 0 Å². The van der Waals surface area contributed by atoms with Gasteiger partial charge in [-0.3, -0.25) is 4.79 Å². The van der Waals surface area contributed by atoms with E-state index in [0.717, 1.165) is 18.4 Å². The first-order chi connectivity index (χ1) is 20.4. The molecule has 9 heteroatoms. The van der Waals surface area contributed by atoms with Crippen LogP contribution in [0.25, 0.3) is 0 Å². The average molecular weight is 587 g/mol. The average Bonchev–Trinajstić information content (AvgIpc) is 3.02.